The van der Waals surface area contributed by atoms with E-state index in [0.29, 0.717) is 0 Å². The van der Waals surface area contributed by atoms with E-state index < -0.39 is 0 Å². The average Bonchev–Trinajstić information content (AvgIpc) is 2.97. The van der Waals surface area contributed by atoms with E-state index in [1.165, 1.54) is 0 Å². The van der Waals surface area contributed by atoms with Gasteiger partial charge in [0.05, 0.1) is 7.11 Å². The molecule has 0 spiro atoms. The number of hydrogen-bond donors (Lipinski definition) is 3. The molecule has 1 aliphatic rings. The van der Waals surface area contributed by atoms with Gasteiger partial charge in [-0.2, -0.15) is 0 Å². The maximum atomic E-state index is 12.4. The number of amides is 2. The fourth-order valence-electron chi connectivity index (χ4n) is 3.61. The Morgan fingerprint density at radius 1 is 0.763 bits per heavy atom. The van der Waals surface area contributed by atoms with Gasteiger partial charge in [0.2, 0.25) is 0 Å². The zero-order valence-corrected chi connectivity index (χ0v) is 23.0. The molecule has 0 unspecified atom stereocenters. The third-order valence-corrected chi connectivity index (χ3v) is 5.59. The summed E-state index contributed by atoms with van der Waals surface area (Å²) in [7, 11) is 5.38. The summed E-state index contributed by atoms with van der Waals surface area (Å²) in [4.78, 5) is 14.3. The number of nitrogens with one attached hydrogen (secondary N) is 3. The molecule has 0 atom stereocenters. The molecule has 0 radical (unpaired) electrons. The van der Waals surface area contributed by atoms with Gasteiger partial charge in [0.25, 0.3) is 0 Å². The molecule has 0 aromatic heterocycles. The van der Waals surface area contributed by atoms with Crippen LogP contribution in [0.15, 0.2) is 84.9 Å². The summed E-state index contributed by atoms with van der Waals surface area (Å²) in [5.74, 6) is 7.01. The highest BCUT2D eigenvalue weighted by Crippen LogP contribution is 2.16. The van der Waals surface area contributed by atoms with Gasteiger partial charge >= 0.3 is 6.03 Å². The molecule has 0 saturated carbocycles. The van der Waals surface area contributed by atoms with E-state index in [-0.39, 0.29) is 6.03 Å². The van der Waals surface area contributed by atoms with Crippen LogP contribution in [-0.4, -0.2) is 58.3 Å². The van der Waals surface area contributed by atoms with E-state index in [1.807, 2.05) is 104 Å². The molecule has 2 amide bonds. The number of rotatable bonds is 2. The number of urea groups is 1. The van der Waals surface area contributed by atoms with Crippen molar-refractivity contribution in [1.29, 1.82) is 0 Å². The van der Waals surface area contributed by atoms with Crippen molar-refractivity contribution in [1.82, 2.24) is 15.5 Å². The van der Waals surface area contributed by atoms with Gasteiger partial charge < -0.3 is 25.6 Å². The Labute approximate surface area is 228 Å². The highest BCUT2D eigenvalue weighted by atomic mass is 16.5. The maximum absolute atomic E-state index is 12.4. The molecule has 3 aromatic rings. The summed E-state index contributed by atoms with van der Waals surface area (Å²) < 4.78 is 5.12. The summed E-state index contributed by atoms with van der Waals surface area (Å²) >= 11 is 0. The predicted octanol–water partition coefficient (Wildman–Crippen LogP) is 5.61. The average molecular weight is 515 g/mol. The summed E-state index contributed by atoms with van der Waals surface area (Å²) in [6, 6.07) is 27.4. The molecular weight excluding hydrogens is 472 g/mol. The molecule has 3 aromatic carbocycles. The van der Waals surface area contributed by atoms with Crippen LogP contribution in [0.25, 0.3) is 0 Å². The molecule has 1 heterocycles. The molecule has 38 heavy (non-hydrogen) atoms. The minimum Gasteiger partial charge on any atom is -0.497 e. The number of carbonyl (C=O) groups is 1. The normalized spacial score (nSPS) is 13.2. The van der Waals surface area contributed by atoms with Gasteiger partial charge in [0.1, 0.15) is 5.75 Å². The highest BCUT2D eigenvalue weighted by molar-refractivity contribution is 5.89. The standard InChI is InChI=1S/C16H25N3O2.C14H10.C2H7N/c1-21-15-8-6-14(7-9-15)18-16(20)19-12-4-2-10-17-11-3-5-13-19;1-3-7-13(8-4-1)11-12-14-9-5-2-6-10-14;1-3-2/h6-9,17H,2-5,10-13H2,1H3,(H,18,20);1-10H;3H,1-2H3. The number of ether oxygens (including phenoxy) is 1. The molecule has 1 saturated heterocycles. The first kappa shape index (κ1) is 30.4. The zero-order chi connectivity index (χ0) is 27.3. The summed E-state index contributed by atoms with van der Waals surface area (Å²) in [5, 5.41) is 9.13. The number of anilines is 1. The van der Waals surface area contributed by atoms with Crippen molar-refractivity contribution in [2.45, 2.75) is 25.7 Å². The highest BCUT2D eigenvalue weighted by Gasteiger charge is 2.13. The second kappa shape index (κ2) is 19.3. The fraction of sp³-hybridized carbons (Fsp3) is 0.344. The molecule has 3 N–H and O–H groups in total. The summed E-state index contributed by atoms with van der Waals surface area (Å²) in [5.41, 5.74) is 2.91. The first-order valence-corrected chi connectivity index (χ1v) is 13.3. The minimum atomic E-state index is -0.00583. The van der Waals surface area contributed by atoms with Gasteiger partial charge in [-0.05, 0) is 101 Å². The lowest BCUT2D eigenvalue weighted by molar-refractivity contribution is 0.208. The Kier molecular flexibility index (Phi) is 15.5. The number of nitrogens with zero attached hydrogens (tertiary/aromatic N) is 1. The lowest BCUT2D eigenvalue weighted by Gasteiger charge is -2.24. The van der Waals surface area contributed by atoms with Gasteiger partial charge in [-0.25, -0.2) is 4.79 Å². The van der Waals surface area contributed by atoms with E-state index in [2.05, 4.69) is 27.8 Å². The minimum absolute atomic E-state index is 0.00583. The SMILES string of the molecule is C(#Cc1ccccc1)c1ccccc1.CNC.COc1ccc(NC(=O)N2CCCCNCCCC2)cc1. The Bertz CT molecular complexity index is 1020. The molecular formula is C32H42N4O2. The first-order valence-electron chi connectivity index (χ1n) is 13.3. The third-order valence-electron chi connectivity index (χ3n) is 5.59. The summed E-state index contributed by atoms with van der Waals surface area (Å²) in [6.45, 7) is 3.75. The van der Waals surface area contributed by atoms with E-state index in [0.717, 1.165) is 74.4 Å². The van der Waals surface area contributed by atoms with Gasteiger partial charge in [-0.15, -0.1) is 0 Å². The Morgan fingerprint density at radius 3 is 1.68 bits per heavy atom. The molecule has 0 bridgehead atoms. The van der Waals surface area contributed by atoms with Crippen LogP contribution in [0.5, 0.6) is 5.75 Å². The Balaban J connectivity index is 0.000000257. The lowest BCUT2D eigenvalue weighted by atomic mass is 10.2. The van der Waals surface area contributed by atoms with Crippen LogP contribution in [0.4, 0.5) is 10.5 Å². The van der Waals surface area contributed by atoms with Gasteiger partial charge in [-0.3, -0.25) is 0 Å². The van der Waals surface area contributed by atoms with Crippen LogP contribution in [-0.2, 0) is 0 Å². The van der Waals surface area contributed by atoms with E-state index in [1.54, 1.807) is 7.11 Å². The quantitative estimate of drug-likeness (QED) is 0.389. The van der Waals surface area contributed by atoms with Crippen LogP contribution in [0, 0.1) is 11.8 Å². The Hall–Kier alpha value is -3.79. The lowest BCUT2D eigenvalue weighted by Crippen LogP contribution is -2.37. The van der Waals surface area contributed by atoms with Crippen LogP contribution < -0.4 is 20.7 Å². The zero-order valence-electron chi connectivity index (χ0n) is 23.0. The van der Waals surface area contributed by atoms with E-state index >= 15 is 0 Å². The van der Waals surface area contributed by atoms with E-state index in [4.69, 9.17) is 4.74 Å². The van der Waals surface area contributed by atoms with Crippen LogP contribution in [0.3, 0.4) is 0 Å². The third kappa shape index (κ3) is 13.0. The van der Waals surface area contributed by atoms with Gasteiger partial charge in [-0.1, -0.05) is 48.2 Å². The number of methoxy groups -OCH3 is 1. The first-order chi connectivity index (χ1) is 18.7. The van der Waals surface area contributed by atoms with Crippen molar-refractivity contribution in [2.75, 3.05) is 52.7 Å². The molecule has 0 aliphatic carbocycles. The van der Waals surface area contributed by atoms with Gasteiger partial charge in [0, 0.05) is 29.9 Å². The summed E-state index contributed by atoms with van der Waals surface area (Å²) in [6.07, 6.45) is 4.32. The van der Waals surface area contributed by atoms with Crippen molar-refractivity contribution in [3.8, 4) is 17.6 Å². The van der Waals surface area contributed by atoms with Crippen molar-refractivity contribution < 1.29 is 9.53 Å². The van der Waals surface area contributed by atoms with Crippen LogP contribution in [0.1, 0.15) is 36.8 Å². The topological polar surface area (TPSA) is 65.6 Å². The number of benzene rings is 3. The fourth-order valence-corrected chi connectivity index (χ4v) is 3.61. The number of hydrogen-bond acceptors (Lipinski definition) is 4. The van der Waals surface area contributed by atoms with E-state index in [9.17, 15) is 4.79 Å². The van der Waals surface area contributed by atoms with Crippen LogP contribution >= 0.6 is 0 Å². The van der Waals surface area contributed by atoms with Crippen molar-refractivity contribution in [3.63, 3.8) is 0 Å². The molecule has 1 fully saturated rings. The molecule has 6 heteroatoms. The Morgan fingerprint density at radius 2 is 1.24 bits per heavy atom. The molecule has 6 nitrogen and oxygen atoms in total. The number of carbonyl (C=O) groups excluding carboxylic acids is 1. The van der Waals surface area contributed by atoms with Crippen molar-refractivity contribution in [2.24, 2.45) is 0 Å². The molecule has 202 valence electrons. The second-order valence-corrected chi connectivity index (χ2v) is 8.79. The largest absolute Gasteiger partial charge is 0.497 e. The smallest absolute Gasteiger partial charge is 0.321 e. The van der Waals surface area contributed by atoms with Gasteiger partial charge in [0.15, 0.2) is 0 Å². The van der Waals surface area contributed by atoms with Crippen LogP contribution in [0.2, 0.25) is 0 Å². The predicted molar refractivity (Wildman–Crippen MR) is 159 cm³/mol. The van der Waals surface area contributed by atoms with Crippen molar-refractivity contribution in [3.05, 3.63) is 96.1 Å². The molecule has 4 rings (SSSR count). The monoisotopic (exact) mass is 514 g/mol. The second-order valence-electron chi connectivity index (χ2n) is 8.79. The maximum Gasteiger partial charge on any atom is 0.321 e. The molecule has 1 aliphatic heterocycles. The van der Waals surface area contributed by atoms with Crippen molar-refractivity contribution >= 4 is 11.7 Å².